The van der Waals surface area contributed by atoms with Crippen LogP contribution in [-0.2, 0) is 0 Å². The lowest BCUT2D eigenvalue weighted by molar-refractivity contribution is 0.727. The van der Waals surface area contributed by atoms with Crippen LogP contribution in [-0.4, -0.2) is 12.4 Å². The van der Waals surface area contributed by atoms with Crippen molar-refractivity contribution in [2.45, 2.75) is 20.8 Å². The van der Waals surface area contributed by atoms with Gasteiger partial charge in [-0.25, -0.2) is 0 Å². The van der Waals surface area contributed by atoms with Gasteiger partial charge in [0.05, 0.1) is 5.71 Å². The van der Waals surface area contributed by atoms with Crippen LogP contribution in [0, 0.1) is 12.3 Å². The van der Waals surface area contributed by atoms with Crippen molar-refractivity contribution in [3.63, 3.8) is 0 Å². The second-order valence-corrected chi connectivity index (χ2v) is 5.42. The van der Waals surface area contributed by atoms with E-state index in [9.17, 15) is 0 Å². The summed E-state index contributed by atoms with van der Waals surface area (Å²) in [5.74, 6) is 0. The number of hydrogen-bond acceptors (Lipinski definition) is 3. The normalized spacial score (nSPS) is 21.7. The quantitative estimate of drug-likeness (QED) is 0.654. The van der Waals surface area contributed by atoms with Gasteiger partial charge in [-0.05, 0) is 31.9 Å². The van der Waals surface area contributed by atoms with Gasteiger partial charge in [0.15, 0.2) is 0 Å². The van der Waals surface area contributed by atoms with E-state index in [1.165, 1.54) is 16.7 Å². The molecule has 3 heteroatoms. The molecule has 0 aromatic heterocycles. The van der Waals surface area contributed by atoms with Crippen LogP contribution in [0.15, 0.2) is 64.8 Å². The molecule has 0 bridgehead atoms. The summed E-state index contributed by atoms with van der Waals surface area (Å²) in [6, 6.07) is 8.55. The summed E-state index contributed by atoms with van der Waals surface area (Å²) in [7, 11) is 0. The molecule has 0 fully saturated rings. The van der Waals surface area contributed by atoms with Gasteiger partial charge in [0.2, 0.25) is 0 Å². The predicted octanol–water partition coefficient (Wildman–Crippen LogP) is 4.09. The molecule has 21 heavy (non-hydrogen) atoms. The third-order valence-electron chi connectivity index (χ3n) is 3.74. The van der Waals surface area contributed by atoms with Crippen LogP contribution in [0.4, 0.5) is 0 Å². The highest BCUT2D eigenvalue weighted by molar-refractivity contribution is 5.94. The average Bonchev–Trinajstić information content (AvgIpc) is 2.68. The smallest absolute Gasteiger partial charge is 0.0503 e. The van der Waals surface area contributed by atoms with Gasteiger partial charge in [-0.3, -0.25) is 0 Å². The molecular formula is C18H21N3. The summed E-state index contributed by atoms with van der Waals surface area (Å²) >= 11 is 0. The molecule has 0 aliphatic heterocycles. The lowest BCUT2D eigenvalue weighted by Crippen LogP contribution is -2.22. The molecule has 0 saturated heterocycles. The number of nitrogens with zero attached hydrogens (tertiary/aromatic N) is 2. The molecule has 1 atom stereocenters. The van der Waals surface area contributed by atoms with E-state index in [-0.39, 0.29) is 5.41 Å². The molecule has 1 aliphatic carbocycles. The Labute approximate surface area is 126 Å². The zero-order chi connectivity index (χ0) is 15.3. The van der Waals surface area contributed by atoms with Crippen LogP contribution in [0.1, 0.15) is 25.0 Å². The zero-order valence-electron chi connectivity index (χ0n) is 12.8. The van der Waals surface area contributed by atoms with Gasteiger partial charge < -0.3 is 0 Å². The van der Waals surface area contributed by atoms with Gasteiger partial charge >= 0.3 is 0 Å². The molecule has 0 radical (unpaired) electrons. The molecule has 0 spiro atoms. The van der Waals surface area contributed by atoms with Gasteiger partial charge in [-0.2, -0.15) is 15.7 Å². The Morgan fingerprint density at radius 3 is 2.57 bits per heavy atom. The van der Waals surface area contributed by atoms with Crippen molar-refractivity contribution in [2.24, 2.45) is 15.6 Å². The molecule has 0 heterocycles. The van der Waals surface area contributed by atoms with Crippen LogP contribution >= 0.6 is 0 Å². The lowest BCUT2D eigenvalue weighted by Gasteiger charge is -2.22. The van der Waals surface area contributed by atoms with E-state index in [4.69, 9.17) is 0 Å². The Balaban J connectivity index is 2.42. The minimum atomic E-state index is -0.262. The van der Waals surface area contributed by atoms with Crippen molar-refractivity contribution in [3.8, 4) is 0 Å². The molecule has 3 nitrogen and oxygen atoms in total. The summed E-state index contributed by atoms with van der Waals surface area (Å²) in [6.07, 6.45) is 10.6. The summed E-state index contributed by atoms with van der Waals surface area (Å²) in [5.41, 5.74) is 6.89. The van der Waals surface area contributed by atoms with Gasteiger partial charge in [0.25, 0.3) is 0 Å². The number of hydrazone groups is 2. The van der Waals surface area contributed by atoms with Crippen molar-refractivity contribution in [3.05, 3.63) is 65.8 Å². The standard InChI is InChI=1S/C18H21N3/c1-14-8-10-16(11-9-14)17-7-5-6-12-18(3,13-17)15(2)20-21-19-4/h5-13,21H,4H2,1-3H3/b20-15+. The number of nitrogens with one attached hydrogen (secondary N) is 1. The number of allylic oxidation sites excluding steroid dienone is 6. The van der Waals surface area contributed by atoms with Gasteiger partial charge in [0, 0.05) is 12.1 Å². The number of benzene rings is 1. The van der Waals surface area contributed by atoms with E-state index < -0.39 is 0 Å². The Morgan fingerprint density at radius 2 is 1.90 bits per heavy atom. The van der Waals surface area contributed by atoms with Crippen LogP contribution in [0.25, 0.3) is 5.57 Å². The fraction of sp³-hybridized carbons (Fsp3) is 0.222. The summed E-state index contributed by atoms with van der Waals surface area (Å²) in [5, 5.41) is 7.80. The van der Waals surface area contributed by atoms with E-state index in [0.29, 0.717) is 0 Å². The van der Waals surface area contributed by atoms with E-state index in [1.807, 2.05) is 6.92 Å². The Bertz CT molecular complexity index is 633. The Kier molecular flexibility index (Phi) is 4.53. The van der Waals surface area contributed by atoms with Gasteiger partial charge in [-0.15, -0.1) is 0 Å². The largest absolute Gasteiger partial charge is 0.199 e. The number of hydrogen-bond donors (Lipinski definition) is 1. The number of aryl methyl sites for hydroxylation is 1. The Morgan fingerprint density at radius 1 is 1.19 bits per heavy atom. The first-order chi connectivity index (χ1) is 10.0. The first-order valence-corrected chi connectivity index (χ1v) is 6.96. The maximum absolute atomic E-state index is 4.24. The monoisotopic (exact) mass is 279 g/mol. The van der Waals surface area contributed by atoms with E-state index in [0.717, 1.165) is 5.71 Å². The van der Waals surface area contributed by atoms with Gasteiger partial charge in [-0.1, -0.05) is 60.2 Å². The zero-order valence-corrected chi connectivity index (χ0v) is 12.8. The molecule has 1 unspecified atom stereocenters. The minimum absolute atomic E-state index is 0.262. The SMILES string of the molecule is C=NN/N=C(\C)C1(C)C=CC=CC(c2ccc(C)cc2)=C1. The fourth-order valence-corrected chi connectivity index (χ4v) is 2.22. The molecule has 0 saturated carbocycles. The topological polar surface area (TPSA) is 36.8 Å². The number of rotatable bonds is 4. The van der Waals surface area contributed by atoms with Gasteiger partial charge in [0.1, 0.15) is 0 Å². The molecule has 108 valence electrons. The highest BCUT2D eigenvalue weighted by Gasteiger charge is 2.24. The predicted molar refractivity (Wildman–Crippen MR) is 91.3 cm³/mol. The fourth-order valence-electron chi connectivity index (χ4n) is 2.22. The second kappa shape index (κ2) is 6.35. The first-order valence-electron chi connectivity index (χ1n) is 6.96. The van der Waals surface area contributed by atoms with Crippen molar-refractivity contribution >= 4 is 18.0 Å². The molecular weight excluding hydrogens is 258 g/mol. The van der Waals surface area contributed by atoms with E-state index >= 15 is 0 Å². The lowest BCUT2D eigenvalue weighted by atomic mass is 9.83. The highest BCUT2D eigenvalue weighted by Crippen LogP contribution is 2.31. The molecule has 0 amide bonds. The van der Waals surface area contributed by atoms with Crippen LogP contribution in [0.3, 0.4) is 0 Å². The third kappa shape index (κ3) is 3.57. The molecule has 1 aliphatic rings. The van der Waals surface area contributed by atoms with Crippen molar-refractivity contribution in [2.75, 3.05) is 0 Å². The van der Waals surface area contributed by atoms with Crippen LogP contribution < -0.4 is 5.53 Å². The molecule has 2 rings (SSSR count). The van der Waals surface area contributed by atoms with Crippen molar-refractivity contribution in [1.29, 1.82) is 0 Å². The third-order valence-corrected chi connectivity index (χ3v) is 3.74. The second-order valence-electron chi connectivity index (χ2n) is 5.42. The summed E-state index contributed by atoms with van der Waals surface area (Å²) in [4.78, 5) is 0. The average molecular weight is 279 g/mol. The first kappa shape index (κ1) is 15.0. The summed E-state index contributed by atoms with van der Waals surface area (Å²) < 4.78 is 0. The molecule has 1 N–H and O–H groups in total. The van der Waals surface area contributed by atoms with Crippen molar-refractivity contribution < 1.29 is 0 Å². The van der Waals surface area contributed by atoms with E-state index in [2.05, 4.69) is 90.9 Å². The van der Waals surface area contributed by atoms with E-state index in [1.54, 1.807) is 0 Å². The highest BCUT2D eigenvalue weighted by atomic mass is 15.5. The van der Waals surface area contributed by atoms with Crippen LogP contribution in [0.2, 0.25) is 0 Å². The summed E-state index contributed by atoms with van der Waals surface area (Å²) in [6.45, 7) is 9.59. The van der Waals surface area contributed by atoms with Crippen LogP contribution in [0.5, 0.6) is 0 Å². The molecule has 1 aromatic rings. The van der Waals surface area contributed by atoms with Crippen molar-refractivity contribution in [1.82, 2.24) is 5.53 Å². The maximum atomic E-state index is 4.24. The minimum Gasteiger partial charge on any atom is -0.199 e. The Hall–Kier alpha value is -2.42. The maximum Gasteiger partial charge on any atom is 0.0503 e. The molecule has 1 aromatic carbocycles.